The van der Waals surface area contributed by atoms with Gasteiger partial charge < -0.3 is 5.32 Å². The predicted molar refractivity (Wildman–Crippen MR) is 63.5 cm³/mol. The zero-order valence-corrected chi connectivity index (χ0v) is 9.97. The summed E-state index contributed by atoms with van der Waals surface area (Å²) in [6.45, 7) is 3.47. The number of nitrogens with zero attached hydrogens (tertiary/aromatic N) is 1. The first-order chi connectivity index (χ1) is 7.33. The molecule has 1 fully saturated rings. The molecule has 0 amide bonds. The Hall–Kier alpha value is -0.550. The van der Waals surface area contributed by atoms with E-state index < -0.39 is 0 Å². The predicted octanol–water partition coefficient (Wildman–Crippen LogP) is 3.24. The van der Waals surface area contributed by atoms with Crippen LogP contribution in [-0.2, 0) is 0 Å². The van der Waals surface area contributed by atoms with Crippen LogP contribution in [0.25, 0.3) is 0 Å². The highest BCUT2D eigenvalue weighted by atomic mass is 14.9. The number of unbranched alkanes of at least 4 members (excludes halogenated alkanes) is 2. The molecule has 0 aliphatic heterocycles. The third-order valence-electron chi connectivity index (χ3n) is 3.41. The number of nitrogens with one attached hydrogen (secondary N) is 1. The zero-order valence-electron chi connectivity index (χ0n) is 9.97. The van der Waals surface area contributed by atoms with Crippen LogP contribution in [0.4, 0.5) is 0 Å². The van der Waals surface area contributed by atoms with Crippen molar-refractivity contribution in [2.75, 3.05) is 6.54 Å². The minimum Gasteiger partial charge on any atom is -0.314 e. The van der Waals surface area contributed by atoms with E-state index in [1.54, 1.807) is 0 Å². The van der Waals surface area contributed by atoms with E-state index in [0.29, 0.717) is 6.42 Å². The van der Waals surface area contributed by atoms with Gasteiger partial charge in [-0.1, -0.05) is 19.8 Å². The van der Waals surface area contributed by atoms with Crippen molar-refractivity contribution in [3.63, 3.8) is 0 Å². The van der Waals surface area contributed by atoms with Gasteiger partial charge in [0.25, 0.3) is 0 Å². The molecule has 0 aromatic heterocycles. The van der Waals surface area contributed by atoms with Gasteiger partial charge in [-0.25, -0.2) is 0 Å². The van der Waals surface area contributed by atoms with Gasteiger partial charge in [-0.05, 0) is 44.6 Å². The van der Waals surface area contributed by atoms with Gasteiger partial charge in [0, 0.05) is 12.5 Å². The average Bonchev–Trinajstić information content (AvgIpc) is 2.43. The van der Waals surface area contributed by atoms with E-state index in [2.05, 4.69) is 18.3 Å². The minimum absolute atomic E-state index is 0.712. The summed E-state index contributed by atoms with van der Waals surface area (Å²) < 4.78 is 0. The van der Waals surface area contributed by atoms with Crippen molar-refractivity contribution < 1.29 is 0 Å². The Balaban J connectivity index is 2.03. The van der Waals surface area contributed by atoms with Crippen LogP contribution in [0.5, 0.6) is 0 Å². The van der Waals surface area contributed by atoms with Crippen LogP contribution in [0.3, 0.4) is 0 Å². The maximum Gasteiger partial charge on any atom is 0.0621 e. The molecule has 0 aromatic rings. The summed E-state index contributed by atoms with van der Waals surface area (Å²) in [6.07, 6.45) is 9.79. The van der Waals surface area contributed by atoms with Gasteiger partial charge in [0.15, 0.2) is 0 Å². The monoisotopic (exact) mass is 208 g/mol. The third kappa shape index (κ3) is 5.79. The maximum atomic E-state index is 8.41. The van der Waals surface area contributed by atoms with Gasteiger partial charge in [0.1, 0.15) is 0 Å². The second-order valence-corrected chi connectivity index (χ2v) is 4.88. The lowest BCUT2D eigenvalue weighted by molar-refractivity contribution is 0.442. The molecule has 0 saturated heterocycles. The molecule has 1 aliphatic carbocycles. The Morgan fingerprint density at radius 2 is 2.07 bits per heavy atom. The summed E-state index contributed by atoms with van der Waals surface area (Å²) >= 11 is 0. The van der Waals surface area contributed by atoms with Crippen molar-refractivity contribution in [2.24, 2.45) is 5.92 Å². The SMILES string of the molecule is CC1CCCC(NCCCCC#N)CC1. The van der Waals surface area contributed by atoms with Crippen molar-refractivity contribution in [1.29, 1.82) is 5.26 Å². The summed E-state index contributed by atoms with van der Waals surface area (Å²) in [5, 5.41) is 12.0. The van der Waals surface area contributed by atoms with Crippen molar-refractivity contribution in [2.45, 2.75) is 64.3 Å². The zero-order chi connectivity index (χ0) is 10.9. The van der Waals surface area contributed by atoms with Crippen LogP contribution < -0.4 is 5.32 Å². The number of hydrogen-bond acceptors (Lipinski definition) is 2. The second kappa shape index (κ2) is 7.70. The normalized spacial score (nSPS) is 26.9. The third-order valence-corrected chi connectivity index (χ3v) is 3.41. The smallest absolute Gasteiger partial charge is 0.0621 e. The highest BCUT2D eigenvalue weighted by Gasteiger charge is 2.14. The fourth-order valence-corrected chi connectivity index (χ4v) is 2.33. The molecule has 0 heterocycles. The molecule has 15 heavy (non-hydrogen) atoms. The molecule has 1 aliphatic rings. The number of rotatable bonds is 5. The van der Waals surface area contributed by atoms with Gasteiger partial charge in [-0.3, -0.25) is 0 Å². The van der Waals surface area contributed by atoms with E-state index >= 15 is 0 Å². The lowest BCUT2D eigenvalue weighted by Crippen LogP contribution is -2.29. The van der Waals surface area contributed by atoms with Crippen molar-refractivity contribution in [1.82, 2.24) is 5.32 Å². The summed E-state index contributed by atoms with van der Waals surface area (Å²) in [4.78, 5) is 0. The first-order valence-corrected chi connectivity index (χ1v) is 6.43. The molecule has 2 atom stereocenters. The van der Waals surface area contributed by atoms with Crippen LogP contribution in [0, 0.1) is 17.2 Å². The molecular weight excluding hydrogens is 184 g/mol. The highest BCUT2D eigenvalue weighted by molar-refractivity contribution is 4.74. The fourth-order valence-electron chi connectivity index (χ4n) is 2.33. The van der Waals surface area contributed by atoms with Crippen LogP contribution >= 0.6 is 0 Å². The number of nitriles is 1. The second-order valence-electron chi connectivity index (χ2n) is 4.88. The molecule has 0 aromatic carbocycles. The molecular formula is C13H24N2. The first kappa shape index (κ1) is 12.5. The lowest BCUT2D eigenvalue weighted by atomic mass is 10.0. The molecule has 0 bridgehead atoms. The molecule has 2 unspecified atom stereocenters. The van der Waals surface area contributed by atoms with Crippen LogP contribution in [0.2, 0.25) is 0 Å². The largest absolute Gasteiger partial charge is 0.314 e. The van der Waals surface area contributed by atoms with E-state index in [1.807, 2.05) is 0 Å². The van der Waals surface area contributed by atoms with Crippen LogP contribution in [0.15, 0.2) is 0 Å². The lowest BCUT2D eigenvalue weighted by Gasteiger charge is -2.15. The van der Waals surface area contributed by atoms with E-state index in [0.717, 1.165) is 31.3 Å². The molecule has 2 heteroatoms. The first-order valence-electron chi connectivity index (χ1n) is 6.43. The summed E-state index contributed by atoms with van der Waals surface area (Å²) in [5.41, 5.74) is 0. The van der Waals surface area contributed by atoms with Gasteiger partial charge in [0.05, 0.1) is 6.07 Å². The van der Waals surface area contributed by atoms with Gasteiger partial charge in [-0.2, -0.15) is 5.26 Å². The van der Waals surface area contributed by atoms with Crippen molar-refractivity contribution in [3.05, 3.63) is 0 Å². The highest BCUT2D eigenvalue weighted by Crippen LogP contribution is 2.22. The van der Waals surface area contributed by atoms with Crippen LogP contribution in [-0.4, -0.2) is 12.6 Å². The Labute approximate surface area is 94.1 Å². The number of hydrogen-bond donors (Lipinski definition) is 1. The Morgan fingerprint density at radius 1 is 1.20 bits per heavy atom. The average molecular weight is 208 g/mol. The molecule has 0 spiro atoms. The van der Waals surface area contributed by atoms with E-state index in [4.69, 9.17) is 5.26 Å². The van der Waals surface area contributed by atoms with Crippen molar-refractivity contribution >= 4 is 0 Å². The van der Waals surface area contributed by atoms with Gasteiger partial charge >= 0.3 is 0 Å². The molecule has 0 radical (unpaired) electrons. The summed E-state index contributed by atoms with van der Waals surface area (Å²) in [7, 11) is 0. The van der Waals surface area contributed by atoms with Crippen molar-refractivity contribution in [3.8, 4) is 6.07 Å². The summed E-state index contributed by atoms with van der Waals surface area (Å²) in [6, 6.07) is 2.94. The van der Waals surface area contributed by atoms with Crippen LogP contribution in [0.1, 0.15) is 58.3 Å². The molecule has 1 N–H and O–H groups in total. The van der Waals surface area contributed by atoms with Gasteiger partial charge in [-0.15, -0.1) is 0 Å². The Kier molecular flexibility index (Phi) is 6.43. The molecule has 1 rings (SSSR count). The topological polar surface area (TPSA) is 35.8 Å². The quantitative estimate of drug-likeness (QED) is 0.556. The standard InChI is InChI=1S/C13H24N2/c1-12-6-5-7-13(9-8-12)15-11-4-2-3-10-14/h12-13,15H,2-9,11H2,1H3. The van der Waals surface area contributed by atoms with E-state index in [9.17, 15) is 0 Å². The Bertz CT molecular complexity index is 195. The van der Waals surface area contributed by atoms with E-state index in [-0.39, 0.29) is 0 Å². The minimum atomic E-state index is 0.712. The molecule has 1 saturated carbocycles. The fraction of sp³-hybridized carbons (Fsp3) is 0.923. The van der Waals surface area contributed by atoms with E-state index in [1.165, 1.54) is 32.1 Å². The summed E-state index contributed by atoms with van der Waals surface area (Å²) in [5.74, 6) is 0.926. The van der Waals surface area contributed by atoms with Gasteiger partial charge in [0.2, 0.25) is 0 Å². The Morgan fingerprint density at radius 3 is 2.87 bits per heavy atom. The molecule has 2 nitrogen and oxygen atoms in total. The molecule has 86 valence electrons. The maximum absolute atomic E-state index is 8.41.